The molecule has 0 unspecified atom stereocenters. The Morgan fingerprint density at radius 1 is 0.857 bits per heavy atom. The Labute approximate surface area is 174 Å². The summed E-state index contributed by atoms with van der Waals surface area (Å²) in [5, 5.41) is 0. The number of fused-ring (bicyclic) bond motifs is 1. The fourth-order valence-corrected chi connectivity index (χ4v) is 5.12. The average molecular weight is 397 g/mol. The molecule has 0 aromatic heterocycles. The number of nitrogens with zero attached hydrogens (tertiary/aromatic N) is 2. The molecule has 1 saturated heterocycles. The van der Waals surface area contributed by atoms with Crippen LogP contribution in [0, 0.1) is 20.8 Å². The monoisotopic (exact) mass is 396 g/mol. The van der Waals surface area contributed by atoms with Gasteiger partial charge in [-0.2, -0.15) is 0 Å². The van der Waals surface area contributed by atoms with Gasteiger partial charge < -0.3 is 14.5 Å². The van der Waals surface area contributed by atoms with E-state index < -0.39 is 0 Å². The number of rotatable bonds is 3. The van der Waals surface area contributed by atoms with E-state index in [1.54, 1.807) is 11.8 Å². The third kappa shape index (κ3) is 3.36. The largest absolute Gasteiger partial charge is 0.487 e. The van der Waals surface area contributed by atoms with Crippen molar-refractivity contribution >= 4 is 23.1 Å². The molecule has 150 valence electrons. The van der Waals surface area contributed by atoms with Crippen molar-refractivity contribution in [3.8, 4) is 5.75 Å². The normalized spacial score (nSPS) is 18.2. The number of hydrogen-bond acceptors (Lipinski definition) is 4. The van der Waals surface area contributed by atoms with E-state index in [-0.39, 0.29) is 5.60 Å². The lowest BCUT2D eigenvalue weighted by Crippen LogP contribution is -2.47. The summed E-state index contributed by atoms with van der Waals surface area (Å²) in [7, 11) is 0. The van der Waals surface area contributed by atoms with Crippen LogP contribution in [-0.2, 0) is 6.42 Å². The lowest BCUT2D eigenvalue weighted by Gasteiger charge is -2.39. The summed E-state index contributed by atoms with van der Waals surface area (Å²) in [6.45, 7) is 15.4. The zero-order valence-electron chi connectivity index (χ0n) is 18.1. The van der Waals surface area contributed by atoms with E-state index in [9.17, 15) is 0 Å². The fourth-order valence-electron chi connectivity index (χ4n) is 4.71. The van der Waals surface area contributed by atoms with Gasteiger partial charge in [0.2, 0.25) is 0 Å². The molecule has 1 fully saturated rings. The number of hydrogen-bond donors (Lipinski definition) is 0. The first-order valence-corrected chi connectivity index (χ1v) is 11.5. The predicted molar refractivity (Wildman–Crippen MR) is 122 cm³/mol. The predicted octanol–water partition coefficient (Wildman–Crippen LogP) is 5.37. The van der Waals surface area contributed by atoms with Gasteiger partial charge in [-0.3, -0.25) is 0 Å². The summed E-state index contributed by atoms with van der Waals surface area (Å²) in [5.74, 6) is 1.14. The second-order valence-corrected chi connectivity index (χ2v) is 9.62. The Morgan fingerprint density at radius 3 is 2.07 bits per heavy atom. The minimum atomic E-state index is -0.0927. The highest BCUT2D eigenvalue weighted by molar-refractivity contribution is 7.98. The molecule has 0 N–H and O–H groups in total. The number of anilines is 2. The van der Waals surface area contributed by atoms with Gasteiger partial charge in [-0.05, 0) is 81.8 Å². The molecule has 2 aromatic carbocycles. The quantitative estimate of drug-likeness (QED) is 0.648. The van der Waals surface area contributed by atoms with Crippen molar-refractivity contribution in [2.24, 2.45) is 0 Å². The number of thioether (sulfide) groups is 1. The average Bonchev–Trinajstić information content (AvgIpc) is 3.03. The van der Waals surface area contributed by atoms with E-state index in [0.29, 0.717) is 0 Å². The van der Waals surface area contributed by atoms with Gasteiger partial charge in [0.25, 0.3) is 0 Å². The minimum Gasteiger partial charge on any atom is -0.487 e. The van der Waals surface area contributed by atoms with E-state index >= 15 is 0 Å². The van der Waals surface area contributed by atoms with E-state index in [2.05, 4.69) is 74.9 Å². The highest BCUT2D eigenvalue weighted by atomic mass is 32.2. The molecular weight excluding hydrogens is 364 g/mol. The highest BCUT2D eigenvalue weighted by Gasteiger charge is 2.35. The maximum atomic E-state index is 6.29. The zero-order valence-corrected chi connectivity index (χ0v) is 18.9. The van der Waals surface area contributed by atoms with Crippen LogP contribution in [0.25, 0.3) is 0 Å². The molecule has 0 spiro atoms. The second kappa shape index (κ2) is 7.22. The van der Waals surface area contributed by atoms with Gasteiger partial charge in [0, 0.05) is 54.4 Å². The van der Waals surface area contributed by atoms with Crippen molar-refractivity contribution in [2.45, 2.75) is 51.5 Å². The van der Waals surface area contributed by atoms with Crippen molar-refractivity contribution in [3.63, 3.8) is 0 Å². The minimum absolute atomic E-state index is 0.0927. The second-order valence-electron chi connectivity index (χ2n) is 8.74. The summed E-state index contributed by atoms with van der Waals surface area (Å²) in [4.78, 5) is 6.43. The maximum absolute atomic E-state index is 6.29. The molecule has 28 heavy (non-hydrogen) atoms. The number of piperazine rings is 1. The van der Waals surface area contributed by atoms with Crippen LogP contribution in [0.2, 0.25) is 0 Å². The summed E-state index contributed by atoms with van der Waals surface area (Å²) < 4.78 is 6.29. The molecule has 0 atom stereocenters. The Morgan fingerprint density at radius 2 is 1.46 bits per heavy atom. The molecule has 2 aliphatic heterocycles. The van der Waals surface area contributed by atoms with Crippen LogP contribution in [0.4, 0.5) is 11.4 Å². The van der Waals surface area contributed by atoms with Crippen LogP contribution in [-0.4, -0.2) is 38.0 Å². The highest BCUT2D eigenvalue weighted by Crippen LogP contribution is 2.45. The third-order valence-electron chi connectivity index (χ3n) is 6.35. The zero-order chi connectivity index (χ0) is 20.1. The number of ether oxygens (including phenoxy) is 1. The van der Waals surface area contributed by atoms with Crippen LogP contribution in [0.15, 0.2) is 29.2 Å². The van der Waals surface area contributed by atoms with Crippen molar-refractivity contribution in [1.82, 2.24) is 0 Å². The smallest absolute Gasteiger partial charge is 0.127 e. The van der Waals surface area contributed by atoms with Gasteiger partial charge in [0.1, 0.15) is 11.4 Å². The molecule has 0 saturated carbocycles. The molecule has 0 bridgehead atoms. The maximum Gasteiger partial charge on any atom is 0.127 e. The summed E-state index contributed by atoms with van der Waals surface area (Å²) in [5.41, 5.74) is 8.22. The number of benzene rings is 2. The molecule has 0 radical (unpaired) electrons. The van der Waals surface area contributed by atoms with E-state index in [4.69, 9.17) is 4.74 Å². The summed E-state index contributed by atoms with van der Waals surface area (Å²) >= 11 is 1.80. The first-order chi connectivity index (χ1) is 13.3. The first kappa shape index (κ1) is 19.5. The third-order valence-corrected chi connectivity index (χ3v) is 7.10. The van der Waals surface area contributed by atoms with E-state index in [1.807, 2.05) is 0 Å². The van der Waals surface area contributed by atoms with Gasteiger partial charge in [0.05, 0.1) is 0 Å². The van der Waals surface area contributed by atoms with Crippen molar-refractivity contribution in [2.75, 3.05) is 42.2 Å². The van der Waals surface area contributed by atoms with Gasteiger partial charge in [0.15, 0.2) is 0 Å². The van der Waals surface area contributed by atoms with E-state index in [0.717, 1.165) is 38.3 Å². The molecule has 2 aromatic rings. The molecule has 4 rings (SSSR count). The van der Waals surface area contributed by atoms with Gasteiger partial charge >= 0.3 is 0 Å². The van der Waals surface area contributed by atoms with E-state index in [1.165, 1.54) is 38.5 Å². The Hall–Kier alpha value is -1.81. The standard InChI is InChI=1S/C24H32N2OS/c1-16-17(2)23-21(15-24(4,5)27-23)18(3)22(16)26-13-11-25(12-14-26)19-7-9-20(28-6)10-8-19/h7-10H,11-15H2,1-6H3. The van der Waals surface area contributed by atoms with Crippen LogP contribution in [0.3, 0.4) is 0 Å². The molecule has 0 aliphatic carbocycles. The molecule has 4 heteroatoms. The fraction of sp³-hybridized carbons (Fsp3) is 0.500. The topological polar surface area (TPSA) is 15.7 Å². The van der Waals surface area contributed by atoms with Crippen LogP contribution in [0.1, 0.15) is 36.1 Å². The van der Waals surface area contributed by atoms with Gasteiger partial charge in [-0.25, -0.2) is 0 Å². The summed E-state index contributed by atoms with van der Waals surface area (Å²) in [6.07, 6.45) is 3.13. The van der Waals surface area contributed by atoms with Gasteiger partial charge in [-0.1, -0.05) is 0 Å². The molecule has 2 aliphatic rings. The molecule has 0 amide bonds. The Bertz CT molecular complexity index is 881. The Kier molecular flexibility index (Phi) is 5.03. The molecular formula is C24H32N2OS. The lowest BCUT2D eigenvalue weighted by molar-refractivity contribution is 0.137. The molecule has 2 heterocycles. The lowest BCUT2D eigenvalue weighted by atomic mass is 9.92. The Balaban J connectivity index is 1.56. The SMILES string of the molecule is CSc1ccc(N2CCN(c3c(C)c(C)c4c(c3C)CC(C)(C)O4)CC2)cc1. The van der Waals surface area contributed by atoms with Crippen LogP contribution >= 0.6 is 11.8 Å². The van der Waals surface area contributed by atoms with Crippen LogP contribution in [0.5, 0.6) is 5.75 Å². The van der Waals surface area contributed by atoms with Crippen molar-refractivity contribution < 1.29 is 4.74 Å². The van der Waals surface area contributed by atoms with Crippen LogP contribution < -0.4 is 14.5 Å². The molecule has 3 nitrogen and oxygen atoms in total. The van der Waals surface area contributed by atoms with Gasteiger partial charge in [-0.15, -0.1) is 11.8 Å². The first-order valence-electron chi connectivity index (χ1n) is 10.3. The van der Waals surface area contributed by atoms with Crippen molar-refractivity contribution in [1.29, 1.82) is 0 Å². The summed E-state index contributed by atoms with van der Waals surface area (Å²) in [6, 6.07) is 8.98. The van der Waals surface area contributed by atoms with Crippen molar-refractivity contribution in [3.05, 3.63) is 46.5 Å².